The molecule has 32 heavy (non-hydrogen) atoms. The highest BCUT2D eigenvalue weighted by Crippen LogP contribution is 2.42. The third kappa shape index (κ3) is 4.26. The molecular weight excluding hydrogens is 394 g/mol. The third-order valence-corrected chi connectivity index (χ3v) is 7.07. The lowest BCUT2D eigenvalue weighted by atomic mass is 9.85. The van der Waals surface area contributed by atoms with Gasteiger partial charge in [0.2, 0.25) is 0 Å². The van der Waals surface area contributed by atoms with Gasteiger partial charge in [-0.2, -0.15) is 0 Å². The number of carboxylic acid groups (broad SMARTS) is 1. The van der Waals surface area contributed by atoms with Crippen molar-refractivity contribution in [2.45, 2.75) is 44.2 Å². The van der Waals surface area contributed by atoms with E-state index in [1.54, 1.807) is 12.1 Å². The zero-order chi connectivity index (χ0) is 21.9. The van der Waals surface area contributed by atoms with Crippen molar-refractivity contribution < 1.29 is 9.90 Å². The van der Waals surface area contributed by atoms with E-state index in [0.717, 1.165) is 31.4 Å². The summed E-state index contributed by atoms with van der Waals surface area (Å²) in [4.78, 5) is 14.1. The molecule has 2 heterocycles. The first-order chi connectivity index (χ1) is 15.7. The van der Waals surface area contributed by atoms with Crippen LogP contribution in [0.2, 0.25) is 0 Å². The molecule has 5 rings (SSSR count). The van der Waals surface area contributed by atoms with Crippen molar-refractivity contribution in [3.63, 3.8) is 0 Å². The van der Waals surface area contributed by atoms with Crippen LogP contribution in [0, 0.1) is 0 Å². The molecule has 3 aromatic carbocycles. The van der Waals surface area contributed by atoms with Crippen molar-refractivity contribution in [1.82, 2.24) is 4.90 Å². The predicted molar refractivity (Wildman–Crippen MR) is 129 cm³/mol. The van der Waals surface area contributed by atoms with Gasteiger partial charge in [0, 0.05) is 18.6 Å². The van der Waals surface area contributed by atoms with Crippen molar-refractivity contribution in [3.05, 3.63) is 113 Å². The molecule has 0 spiro atoms. The molecular formula is C29H29NO2. The first-order valence-corrected chi connectivity index (χ1v) is 11.6. The Morgan fingerprint density at radius 2 is 1.28 bits per heavy atom. The number of piperidine rings is 1. The summed E-state index contributed by atoms with van der Waals surface area (Å²) in [6.45, 7) is 1.13. The van der Waals surface area contributed by atoms with E-state index in [0.29, 0.717) is 17.6 Å². The predicted octanol–water partition coefficient (Wildman–Crippen LogP) is 6.06. The van der Waals surface area contributed by atoms with E-state index in [1.807, 2.05) is 12.1 Å². The minimum Gasteiger partial charge on any atom is -0.478 e. The van der Waals surface area contributed by atoms with E-state index < -0.39 is 5.97 Å². The second-order valence-electron chi connectivity index (χ2n) is 8.99. The molecule has 3 nitrogen and oxygen atoms in total. The van der Waals surface area contributed by atoms with Gasteiger partial charge in [0.1, 0.15) is 0 Å². The molecule has 2 saturated heterocycles. The summed E-state index contributed by atoms with van der Waals surface area (Å²) in [5, 5.41) is 9.30. The molecule has 162 valence electrons. The minimum atomic E-state index is -0.879. The van der Waals surface area contributed by atoms with Crippen molar-refractivity contribution in [2.75, 3.05) is 6.54 Å². The van der Waals surface area contributed by atoms with E-state index in [-0.39, 0.29) is 0 Å². The summed E-state index contributed by atoms with van der Waals surface area (Å²) in [6, 6.07) is 30.0. The summed E-state index contributed by atoms with van der Waals surface area (Å²) in [6.07, 6.45) is 5.83. The van der Waals surface area contributed by atoms with E-state index in [9.17, 15) is 9.90 Å². The highest BCUT2D eigenvalue weighted by Gasteiger charge is 2.39. The number of fused-ring (bicyclic) bond motifs is 2. The first-order valence-electron chi connectivity index (χ1n) is 11.6. The lowest BCUT2D eigenvalue weighted by Crippen LogP contribution is -2.41. The lowest BCUT2D eigenvalue weighted by molar-refractivity contribution is 0.0697. The molecule has 2 bridgehead atoms. The SMILES string of the molecule is O=C(O)c1ccc(C(=C2CC3CCC(C2)N3CCc2ccccc2)c2ccccc2)cc1. The maximum absolute atomic E-state index is 11.3. The zero-order valence-corrected chi connectivity index (χ0v) is 18.3. The summed E-state index contributed by atoms with van der Waals surface area (Å²) >= 11 is 0. The highest BCUT2D eigenvalue weighted by molar-refractivity contribution is 5.89. The van der Waals surface area contributed by atoms with Gasteiger partial charge in [-0.1, -0.05) is 78.4 Å². The Hall–Kier alpha value is -3.17. The molecule has 2 atom stereocenters. The lowest BCUT2D eigenvalue weighted by Gasteiger charge is -2.37. The number of aromatic carboxylic acids is 1. The molecule has 0 radical (unpaired) electrons. The highest BCUT2D eigenvalue weighted by atomic mass is 16.4. The molecule has 0 aromatic heterocycles. The van der Waals surface area contributed by atoms with Gasteiger partial charge in [-0.15, -0.1) is 0 Å². The third-order valence-electron chi connectivity index (χ3n) is 7.07. The second kappa shape index (κ2) is 9.13. The van der Waals surface area contributed by atoms with Crippen LogP contribution in [-0.4, -0.2) is 34.6 Å². The molecule has 3 heteroatoms. The Morgan fingerprint density at radius 3 is 1.88 bits per heavy atom. The molecule has 2 aliphatic rings. The summed E-state index contributed by atoms with van der Waals surface area (Å²) in [5.74, 6) is -0.879. The molecule has 0 aliphatic carbocycles. The fraction of sp³-hybridized carbons (Fsp3) is 0.276. The van der Waals surface area contributed by atoms with E-state index in [1.165, 1.54) is 35.1 Å². The topological polar surface area (TPSA) is 40.5 Å². The largest absolute Gasteiger partial charge is 0.478 e. The van der Waals surface area contributed by atoms with Gasteiger partial charge >= 0.3 is 5.97 Å². The van der Waals surface area contributed by atoms with E-state index in [4.69, 9.17) is 0 Å². The van der Waals surface area contributed by atoms with Crippen LogP contribution in [0.1, 0.15) is 52.7 Å². The van der Waals surface area contributed by atoms with Crippen molar-refractivity contribution in [1.29, 1.82) is 0 Å². The molecule has 2 aliphatic heterocycles. The standard InChI is InChI=1S/C29H29NO2/c31-29(32)24-13-11-23(12-14-24)28(22-9-5-2-6-10-22)25-19-26-15-16-27(20-25)30(26)18-17-21-7-3-1-4-8-21/h1-14,26-27H,15-20H2,(H,31,32). The zero-order valence-electron chi connectivity index (χ0n) is 18.3. The number of rotatable bonds is 6. The number of benzene rings is 3. The average Bonchev–Trinajstić information content (AvgIpc) is 3.07. The molecule has 2 fully saturated rings. The van der Waals surface area contributed by atoms with Gasteiger partial charge in [-0.3, -0.25) is 4.90 Å². The van der Waals surface area contributed by atoms with Crippen LogP contribution in [0.3, 0.4) is 0 Å². The molecule has 1 N–H and O–H groups in total. The Morgan fingerprint density at radius 1 is 0.750 bits per heavy atom. The Kier molecular flexibility index (Phi) is 5.91. The van der Waals surface area contributed by atoms with Gasteiger partial charge in [0.25, 0.3) is 0 Å². The van der Waals surface area contributed by atoms with E-state index in [2.05, 4.69) is 65.6 Å². The Labute approximate surface area is 190 Å². The molecule has 2 unspecified atom stereocenters. The van der Waals surface area contributed by atoms with Crippen molar-refractivity contribution in [2.24, 2.45) is 0 Å². The number of carboxylic acids is 1. The summed E-state index contributed by atoms with van der Waals surface area (Å²) in [7, 11) is 0. The number of hydrogen-bond acceptors (Lipinski definition) is 2. The molecule has 0 amide bonds. The smallest absolute Gasteiger partial charge is 0.335 e. The van der Waals surface area contributed by atoms with Crippen LogP contribution in [0.4, 0.5) is 0 Å². The van der Waals surface area contributed by atoms with E-state index >= 15 is 0 Å². The average molecular weight is 424 g/mol. The quantitative estimate of drug-likeness (QED) is 0.524. The van der Waals surface area contributed by atoms with Crippen LogP contribution < -0.4 is 0 Å². The van der Waals surface area contributed by atoms with Crippen LogP contribution in [0.15, 0.2) is 90.5 Å². The van der Waals surface area contributed by atoms with Crippen LogP contribution >= 0.6 is 0 Å². The van der Waals surface area contributed by atoms with Crippen LogP contribution in [0.5, 0.6) is 0 Å². The number of nitrogens with zero attached hydrogens (tertiary/aromatic N) is 1. The van der Waals surface area contributed by atoms with Crippen molar-refractivity contribution in [3.8, 4) is 0 Å². The second-order valence-corrected chi connectivity index (χ2v) is 8.99. The normalized spacial score (nSPS) is 20.3. The number of carbonyl (C=O) groups is 1. The Bertz CT molecular complexity index is 1090. The van der Waals surface area contributed by atoms with Crippen LogP contribution in [-0.2, 0) is 6.42 Å². The maximum Gasteiger partial charge on any atom is 0.335 e. The number of hydrogen-bond donors (Lipinski definition) is 1. The van der Waals surface area contributed by atoms with Gasteiger partial charge in [-0.25, -0.2) is 4.79 Å². The summed E-state index contributed by atoms with van der Waals surface area (Å²) in [5.41, 5.74) is 6.90. The van der Waals surface area contributed by atoms with Gasteiger partial charge in [0.15, 0.2) is 0 Å². The minimum absolute atomic E-state index is 0.335. The Balaban J connectivity index is 1.43. The fourth-order valence-corrected chi connectivity index (χ4v) is 5.54. The first kappa shape index (κ1) is 20.7. The molecule has 3 aromatic rings. The van der Waals surface area contributed by atoms with Gasteiger partial charge in [0.05, 0.1) is 5.56 Å². The van der Waals surface area contributed by atoms with Gasteiger partial charge in [-0.05, 0) is 66.5 Å². The van der Waals surface area contributed by atoms with Gasteiger partial charge < -0.3 is 5.11 Å². The van der Waals surface area contributed by atoms with Crippen molar-refractivity contribution >= 4 is 11.5 Å². The fourth-order valence-electron chi connectivity index (χ4n) is 5.54. The summed E-state index contributed by atoms with van der Waals surface area (Å²) < 4.78 is 0. The molecule has 0 saturated carbocycles. The maximum atomic E-state index is 11.3. The van der Waals surface area contributed by atoms with Crippen LogP contribution in [0.25, 0.3) is 5.57 Å². The monoisotopic (exact) mass is 423 g/mol.